The van der Waals surface area contributed by atoms with Crippen molar-refractivity contribution < 1.29 is 14.6 Å². The van der Waals surface area contributed by atoms with Crippen molar-refractivity contribution in [1.29, 1.82) is 0 Å². The molecule has 74 valence electrons. The van der Waals surface area contributed by atoms with Gasteiger partial charge < -0.3 is 14.6 Å². The third kappa shape index (κ3) is 1.00. The Morgan fingerprint density at radius 2 is 1.73 bits per heavy atom. The molecule has 3 rings (SSSR count). The van der Waals surface area contributed by atoms with E-state index in [-0.39, 0.29) is 5.75 Å². The van der Waals surface area contributed by atoms with Crippen LogP contribution in [0.2, 0.25) is 0 Å². The minimum absolute atomic E-state index is 0.193. The van der Waals surface area contributed by atoms with Crippen molar-refractivity contribution in [2.45, 2.75) is 0 Å². The molecule has 2 aromatic carbocycles. The second kappa shape index (κ2) is 2.67. The molecular formula is C12H8O3. The Kier molecular flexibility index (Phi) is 1.45. The summed E-state index contributed by atoms with van der Waals surface area (Å²) >= 11 is 0. The van der Waals surface area contributed by atoms with Crippen LogP contribution in [0.5, 0.6) is 11.7 Å². The predicted octanol–water partition coefficient (Wildman–Crippen LogP) is 3.00. The molecule has 0 fully saturated rings. The number of fused-ring (bicyclic) bond motifs is 3. The molecular weight excluding hydrogens is 192 g/mol. The Balaban J connectivity index is 2.63. The van der Waals surface area contributed by atoms with Crippen LogP contribution in [0, 0.1) is 0 Å². The molecule has 0 aliphatic carbocycles. The zero-order valence-corrected chi connectivity index (χ0v) is 7.77. The highest BCUT2D eigenvalue weighted by Gasteiger charge is 2.14. The van der Waals surface area contributed by atoms with E-state index < -0.39 is 5.95 Å². The standard InChI is InChI=1S/C12H8O3/c13-11-10-8-4-2-1-3-7(8)5-6-9(10)15-12(11)14/h1-6,13-14H. The Bertz CT molecular complexity index is 652. The van der Waals surface area contributed by atoms with Gasteiger partial charge in [-0.25, -0.2) is 0 Å². The lowest BCUT2D eigenvalue weighted by Gasteiger charge is -1.97. The summed E-state index contributed by atoms with van der Waals surface area (Å²) in [4.78, 5) is 0. The van der Waals surface area contributed by atoms with Gasteiger partial charge in [0, 0.05) is 0 Å². The number of hydrogen-bond acceptors (Lipinski definition) is 3. The summed E-state index contributed by atoms with van der Waals surface area (Å²) in [6, 6.07) is 11.2. The topological polar surface area (TPSA) is 53.6 Å². The van der Waals surface area contributed by atoms with Crippen LogP contribution in [0.4, 0.5) is 0 Å². The highest BCUT2D eigenvalue weighted by molar-refractivity contribution is 6.09. The average molecular weight is 200 g/mol. The van der Waals surface area contributed by atoms with E-state index in [1.165, 1.54) is 0 Å². The van der Waals surface area contributed by atoms with Crippen LogP contribution in [-0.2, 0) is 0 Å². The Morgan fingerprint density at radius 1 is 0.933 bits per heavy atom. The fourth-order valence-corrected chi connectivity index (χ4v) is 1.84. The monoisotopic (exact) mass is 200 g/mol. The molecule has 1 heterocycles. The van der Waals surface area contributed by atoms with Gasteiger partial charge in [-0.05, 0) is 16.8 Å². The lowest BCUT2D eigenvalue weighted by atomic mass is 10.1. The second-order valence-electron chi connectivity index (χ2n) is 3.42. The van der Waals surface area contributed by atoms with Gasteiger partial charge in [-0.3, -0.25) is 0 Å². The highest BCUT2D eigenvalue weighted by Crippen LogP contribution is 2.40. The molecule has 3 aromatic rings. The van der Waals surface area contributed by atoms with Crippen LogP contribution < -0.4 is 0 Å². The van der Waals surface area contributed by atoms with E-state index in [0.29, 0.717) is 11.0 Å². The maximum Gasteiger partial charge on any atom is 0.327 e. The molecule has 3 nitrogen and oxygen atoms in total. The number of rotatable bonds is 0. The molecule has 0 unspecified atom stereocenters. The Hall–Kier alpha value is -2.16. The van der Waals surface area contributed by atoms with Gasteiger partial charge in [0.15, 0.2) is 0 Å². The quantitative estimate of drug-likeness (QED) is 0.586. The molecule has 1 aromatic heterocycles. The summed E-state index contributed by atoms with van der Waals surface area (Å²) in [6.07, 6.45) is 0. The van der Waals surface area contributed by atoms with Gasteiger partial charge >= 0.3 is 5.95 Å². The van der Waals surface area contributed by atoms with Crippen molar-refractivity contribution >= 4 is 21.7 Å². The first-order chi connectivity index (χ1) is 7.27. The van der Waals surface area contributed by atoms with E-state index in [9.17, 15) is 10.2 Å². The van der Waals surface area contributed by atoms with E-state index >= 15 is 0 Å². The Labute approximate surface area is 85.2 Å². The zero-order chi connectivity index (χ0) is 10.4. The third-order valence-corrected chi connectivity index (χ3v) is 2.54. The number of aromatic hydroxyl groups is 2. The number of furan rings is 1. The van der Waals surface area contributed by atoms with E-state index in [1.807, 2.05) is 30.3 Å². The van der Waals surface area contributed by atoms with E-state index in [4.69, 9.17) is 4.42 Å². The van der Waals surface area contributed by atoms with Crippen LogP contribution in [-0.4, -0.2) is 10.2 Å². The van der Waals surface area contributed by atoms with Crippen molar-refractivity contribution in [3.63, 3.8) is 0 Å². The van der Waals surface area contributed by atoms with Gasteiger partial charge in [0.05, 0.1) is 5.39 Å². The lowest BCUT2D eigenvalue weighted by Crippen LogP contribution is -1.72. The lowest BCUT2D eigenvalue weighted by molar-refractivity contribution is 0.316. The van der Waals surface area contributed by atoms with Crippen LogP contribution in [0.15, 0.2) is 40.8 Å². The minimum atomic E-state index is -0.429. The van der Waals surface area contributed by atoms with Gasteiger partial charge in [0.25, 0.3) is 0 Å². The van der Waals surface area contributed by atoms with Gasteiger partial charge in [-0.15, -0.1) is 0 Å². The van der Waals surface area contributed by atoms with Crippen molar-refractivity contribution in [2.24, 2.45) is 0 Å². The maximum atomic E-state index is 9.65. The summed E-state index contributed by atoms with van der Waals surface area (Å²) < 4.78 is 5.01. The van der Waals surface area contributed by atoms with Gasteiger partial charge in [-0.2, -0.15) is 0 Å². The SMILES string of the molecule is Oc1oc2ccc3ccccc3c2c1O. The molecule has 3 heteroatoms. The van der Waals surface area contributed by atoms with Crippen molar-refractivity contribution in [3.8, 4) is 11.7 Å². The molecule has 0 aliphatic heterocycles. The summed E-state index contributed by atoms with van der Waals surface area (Å²) in [6.45, 7) is 0. The van der Waals surface area contributed by atoms with E-state index in [0.717, 1.165) is 10.8 Å². The number of hydrogen-bond donors (Lipinski definition) is 2. The predicted molar refractivity (Wildman–Crippen MR) is 57.0 cm³/mol. The highest BCUT2D eigenvalue weighted by atomic mass is 16.5. The largest absolute Gasteiger partial charge is 0.501 e. The molecule has 0 saturated heterocycles. The van der Waals surface area contributed by atoms with E-state index in [2.05, 4.69) is 0 Å². The first-order valence-electron chi connectivity index (χ1n) is 4.59. The fourth-order valence-electron chi connectivity index (χ4n) is 1.84. The van der Waals surface area contributed by atoms with Crippen LogP contribution in [0.3, 0.4) is 0 Å². The van der Waals surface area contributed by atoms with E-state index in [1.54, 1.807) is 6.07 Å². The molecule has 0 amide bonds. The van der Waals surface area contributed by atoms with Gasteiger partial charge in [0.2, 0.25) is 5.75 Å². The summed E-state index contributed by atoms with van der Waals surface area (Å²) in [7, 11) is 0. The van der Waals surface area contributed by atoms with Crippen LogP contribution in [0.25, 0.3) is 21.7 Å². The van der Waals surface area contributed by atoms with Crippen LogP contribution in [0.1, 0.15) is 0 Å². The molecule has 0 bridgehead atoms. The normalized spacial score (nSPS) is 11.2. The molecule has 0 saturated carbocycles. The summed E-state index contributed by atoms with van der Waals surface area (Å²) in [5.41, 5.74) is 0.490. The van der Waals surface area contributed by atoms with Crippen molar-refractivity contribution in [2.75, 3.05) is 0 Å². The molecule has 0 radical (unpaired) electrons. The summed E-state index contributed by atoms with van der Waals surface area (Å²) in [5, 5.41) is 21.4. The van der Waals surface area contributed by atoms with Gasteiger partial charge in [-0.1, -0.05) is 30.3 Å². The fraction of sp³-hybridized carbons (Fsp3) is 0. The summed E-state index contributed by atoms with van der Waals surface area (Å²) in [5.74, 6) is -0.622. The molecule has 0 spiro atoms. The molecule has 2 N–H and O–H groups in total. The third-order valence-electron chi connectivity index (χ3n) is 2.54. The number of benzene rings is 2. The molecule has 0 atom stereocenters. The van der Waals surface area contributed by atoms with Crippen molar-refractivity contribution in [1.82, 2.24) is 0 Å². The zero-order valence-electron chi connectivity index (χ0n) is 7.77. The second-order valence-corrected chi connectivity index (χ2v) is 3.42. The smallest absolute Gasteiger partial charge is 0.327 e. The molecule has 0 aliphatic rings. The van der Waals surface area contributed by atoms with Crippen molar-refractivity contribution in [3.05, 3.63) is 36.4 Å². The van der Waals surface area contributed by atoms with Gasteiger partial charge in [0.1, 0.15) is 5.58 Å². The van der Waals surface area contributed by atoms with Crippen LogP contribution >= 0.6 is 0 Å². The molecule has 15 heavy (non-hydrogen) atoms. The maximum absolute atomic E-state index is 9.65. The Morgan fingerprint density at radius 3 is 2.60 bits per heavy atom. The first-order valence-corrected chi connectivity index (χ1v) is 4.59. The average Bonchev–Trinajstić information content (AvgIpc) is 2.55. The first kappa shape index (κ1) is 8.17. The minimum Gasteiger partial charge on any atom is -0.501 e.